The smallest absolute Gasteiger partial charge is 0.268 e. The molecule has 0 saturated heterocycles. The standard InChI is InChI=1S/C22H19N3O2S2/c1-14-18(15-8-4-2-5-9-15)19-20(29-14)24-22(28-13-12-17(23)26)25(21(19)27)16-10-6-3-7-11-16/h2-11H,12-13H2,1H3,(H2,23,26). The third-order valence-electron chi connectivity index (χ3n) is 4.53. The highest BCUT2D eigenvalue weighted by atomic mass is 32.2. The second-order valence-corrected chi connectivity index (χ2v) is 8.78. The number of aryl methyl sites for hydroxylation is 1. The quantitative estimate of drug-likeness (QED) is 0.370. The number of rotatable bonds is 6. The van der Waals surface area contributed by atoms with Gasteiger partial charge in [-0.2, -0.15) is 0 Å². The Labute approximate surface area is 176 Å². The van der Waals surface area contributed by atoms with Crippen LogP contribution in [0.1, 0.15) is 11.3 Å². The summed E-state index contributed by atoms with van der Waals surface area (Å²) in [6.07, 6.45) is 0.228. The van der Waals surface area contributed by atoms with Crippen LogP contribution < -0.4 is 11.3 Å². The van der Waals surface area contributed by atoms with E-state index in [1.54, 1.807) is 4.57 Å². The zero-order valence-corrected chi connectivity index (χ0v) is 17.4. The zero-order chi connectivity index (χ0) is 20.4. The third-order valence-corrected chi connectivity index (χ3v) is 6.47. The molecule has 0 saturated carbocycles. The third kappa shape index (κ3) is 3.83. The number of carbonyl (C=O) groups is 1. The maximum Gasteiger partial charge on any atom is 0.268 e. The van der Waals surface area contributed by atoms with Crippen molar-refractivity contribution in [1.29, 1.82) is 0 Å². The van der Waals surface area contributed by atoms with Crippen LogP contribution >= 0.6 is 23.1 Å². The van der Waals surface area contributed by atoms with Crippen molar-refractivity contribution in [2.45, 2.75) is 18.5 Å². The van der Waals surface area contributed by atoms with Crippen molar-refractivity contribution in [2.75, 3.05) is 5.75 Å². The molecule has 0 spiro atoms. The number of thiophene rings is 1. The summed E-state index contributed by atoms with van der Waals surface area (Å²) in [5, 5.41) is 1.19. The Morgan fingerprint density at radius 3 is 2.41 bits per heavy atom. The lowest BCUT2D eigenvalue weighted by atomic mass is 10.0. The summed E-state index contributed by atoms with van der Waals surface area (Å²) < 4.78 is 1.63. The molecule has 0 bridgehead atoms. The lowest BCUT2D eigenvalue weighted by molar-refractivity contribution is -0.117. The molecule has 2 N–H and O–H groups in total. The van der Waals surface area contributed by atoms with E-state index in [4.69, 9.17) is 10.7 Å². The van der Waals surface area contributed by atoms with Gasteiger partial charge in [0.05, 0.1) is 11.1 Å². The van der Waals surface area contributed by atoms with Crippen LogP contribution in [0.5, 0.6) is 0 Å². The molecule has 7 heteroatoms. The SMILES string of the molecule is Cc1sc2nc(SCCC(N)=O)n(-c3ccccc3)c(=O)c2c1-c1ccccc1. The second kappa shape index (κ2) is 8.23. The molecule has 0 unspecified atom stereocenters. The van der Waals surface area contributed by atoms with Gasteiger partial charge in [0.1, 0.15) is 4.83 Å². The van der Waals surface area contributed by atoms with Crippen LogP contribution in [0.4, 0.5) is 0 Å². The van der Waals surface area contributed by atoms with Gasteiger partial charge < -0.3 is 5.73 Å². The Bertz CT molecular complexity index is 1230. The van der Waals surface area contributed by atoms with Crippen molar-refractivity contribution >= 4 is 39.2 Å². The van der Waals surface area contributed by atoms with Crippen LogP contribution in [0.15, 0.2) is 70.6 Å². The molecule has 146 valence electrons. The minimum atomic E-state index is -0.370. The van der Waals surface area contributed by atoms with Crippen LogP contribution in [0.3, 0.4) is 0 Å². The number of amides is 1. The fourth-order valence-electron chi connectivity index (χ4n) is 3.24. The number of thioether (sulfide) groups is 1. The van der Waals surface area contributed by atoms with Crippen LogP contribution in [0, 0.1) is 6.92 Å². The molecule has 1 amide bonds. The maximum absolute atomic E-state index is 13.7. The monoisotopic (exact) mass is 421 g/mol. The predicted octanol–water partition coefficient (Wildman–Crippen LogP) is 4.39. The molecule has 4 rings (SSSR count). The van der Waals surface area contributed by atoms with Crippen molar-refractivity contribution in [2.24, 2.45) is 5.73 Å². The van der Waals surface area contributed by atoms with Crippen molar-refractivity contribution in [3.8, 4) is 16.8 Å². The van der Waals surface area contributed by atoms with Gasteiger partial charge in [-0.25, -0.2) is 4.98 Å². The molecular formula is C22H19N3O2S2. The fraction of sp³-hybridized carbons (Fsp3) is 0.136. The van der Waals surface area contributed by atoms with E-state index in [-0.39, 0.29) is 17.9 Å². The lowest BCUT2D eigenvalue weighted by Gasteiger charge is -2.12. The molecule has 0 aliphatic rings. The highest BCUT2D eigenvalue weighted by Gasteiger charge is 2.20. The van der Waals surface area contributed by atoms with E-state index in [1.807, 2.05) is 67.6 Å². The van der Waals surface area contributed by atoms with Crippen molar-refractivity contribution in [1.82, 2.24) is 9.55 Å². The highest BCUT2D eigenvalue weighted by molar-refractivity contribution is 7.99. The number of fused-ring (bicyclic) bond motifs is 1. The number of hydrogen-bond acceptors (Lipinski definition) is 5. The molecule has 0 atom stereocenters. The van der Waals surface area contributed by atoms with E-state index in [0.717, 1.165) is 21.7 Å². The first kappa shape index (κ1) is 19.4. The van der Waals surface area contributed by atoms with Gasteiger partial charge in [-0.15, -0.1) is 11.3 Å². The Morgan fingerprint density at radius 1 is 1.10 bits per heavy atom. The number of aromatic nitrogens is 2. The maximum atomic E-state index is 13.7. The summed E-state index contributed by atoms with van der Waals surface area (Å²) in [6.45, 7) is 2.01. The average Bonchev–Trinajstić information content (AvgIpc) is 3.05. The van der Waals surface area contributed by atoms with Gasteiger partial charge in [-0.05, 0) is 24.6 Å². The molecule has 0 aliphatic heterocycles. The van der Waals surface area contributed by atoms with Gasteiger partial charge >= 0.3 is 0 Å². The Morgan fingerprint density at radius 2 is 1.76 bits per heavy atom. The van der Waals surface area contributed by atoms with Crippen LogP contribution in [0.25, 0.3) is 27.0 Å². The number of nitrogens with zero attached hydrogens (tertiary/aromatic N) is 2. The largest absolute Gasteiger partial charge is 0.370 e. The first-order chi connectivity index (χ1) is 14.1. The first-order valence-electron chi connectivity index (χ1n) is 9.14. The molecule has 0 fully saturated rings. The van der Waals surface area contributed by atoms with E-state index in [9.17, 15) is 9.59 Å². The lowest BCUT2D eigenvalue weighted by Crippen LogP contribution is -2.22. The molecule has 29 heavy (non-hydrogen) atoms. The average molecular weight is 422 g/mol. The summed E-state index contributed by atoms with van der Waals surface area (Å²) in [6, 6.07) is 19.4. The van der Waals surface area contributed by atoms with Crippen molar-refractivity contribution in [3.05, 3.63) is 75.9 Å². The predicted molar refractivity (Wildman–Crippen MR) is 120 cm³/mol. The summed E-state index contributed by atoms with van der Waals surface area (Å²) in [7, 11) is 0. The van der Waals surface area contributed by atoms with Crippen LogP contribution in [-0.4, -0.2) is 21.2 Å². The minimum absolute atomic E-state index is 0.106. The van der Waals surface area contributed by atoms with E-state index >= 15 is 0 Å². The first-order valence-corrected chi connectivity index (χ1v) is 10.9. The Kier molecular flexibility index (Phi) is 5.51. The van der Waals surface area contributed by atoms with Gasteiger partial charge in [-0.1, -0.05) is 60.3 Å². The molecule has 0 radical (unpaired) electrons. The number of hydrogen-bond donors (Lipinski definition) is 1. The zero-order valence-electron chi connectivity index (χ0n) is 15.8. The number of benzene rings is 2. The molecule has 2 aromatic heterocycles. The molecule has 0 aliphatic carbocycles. The molecule has 2 aromatic carbocycles. The van der Waals surface area contributed by atoms with Gasteiger partial charge in [0.2, 0.25) is 5.91 Å². The number of para-hydroxylation sites is 1. The summed E-state index contributed by atoms with van der Waals surface area (Å²) in [5.41, 5.74) is 7.85. The Hall–Kier alpha value is -2.90. The van der Waals surface area contributed by atoms with E-state index in [2.05, 4.69) is 0 Å². The summed E-state index contributed by atoms with van der Waals surface area (Å²) in [5.74, 6) is 0.0984. The number of primary amides is 1. The van der Waals surface area contributed by atoms with Gasteiger partial charge in [0.25, 0.3) is 5.56 Å². The van der Waals surface area contributed by atoms with Gasteiger partial charge in [0.15, 0.2) is 5.16 Å². The highest BCUT2D eigenvalue weighted by Crippen LogP contribution is 2.36. The molecule has 5 nitrogen and oxygen atoms in total. The second-order valence-electron chi connectivity index (χ2n) is 6.51. The molecule has 4 aromatic rings. The molecule has 2 heterocycles. The fourth-order valence-corrected chi connectivity index (χ4v) is 5.29. The van der Waals surface area contributed by atoms with E-state index in [0.29, 0.717) is 21.1 Å². The van der Waals surface area contributed by atoms with Gasteiger partial charge in [-0.3, -0.25) is 14.2 Å². The summed E-state index contributed by atoms with van der Waals surface area (Å²) in [4.78, 5) is 31.4. The molecular weight excluding hydrogens is 402 g/mol. The van der Waals surface area contributed by atoms with Crippen LogP contribution in [0.2, 0.25) is 0 Å². The number of nitrogens with two attached hydrogens (primary N) is 1. The van der Waals surface area contributed by atoms with Crippen molar-refractivity contribution < 1.29 is 4.79 Å². The van der Waals surface area contributed by atoms with Gasteiger partial charge in [0, 0.05) is 22.6 Å². The summed E-state index contributed by atoms with van der Waals surface area (Å²) >= 11 is 2.88. The van der Waals surface area contributed by atoms with Crippen molar-refractivity contribution in [3.63, 3.8) is 0 Å². The number of carbonyl (C=O) groups excluding carboxylic acids is 1. The topological polar surface area (TPSA) is 78.0 Å². The normalized spacial score (nSPS) is 11.1. The van der Waals surface area contributed by atoms with Crippen LogP contribution in [-0.2, 0) is 4.79 Å². The van der Waals surface area contributed by atoms with E-state index < -0.39 is 0 Å². The van der Waals surface area contributed by atoms with E-state index in [1.165, 1.54) is 23.1 Å². The Balaban J connectivity index is 1.97. The minimum Gasteiger partial charge on any atom is -0.370 e.